The van der Waals surface area contributed by atoms with Crippen LogP contribution in [0.25, 0.3) is 32.0 Å². The molecule has 6 aromatic rings. The Labute approximate surface area is 229 Å². The summed E-state index contributed by atoms with van der Waals surface area (Å²) < 4.78 is 8.54. The Kier molecular flexibility index (Phi) is 6.27. The molecule has 0 saturated carbocycles. The molecule has 7 nitrogen and oxygen atoms in total. The SMILES string of the molecule is Cc1cc(C)n(CCN(C(=O)c2cc3c(ccc4ccccc43)oc2=O)c2nc3c(C(C)C)cccc3s2)n1. The molecule has 0 spiro atoms. The van der Waals surface area contributed by atoms with Gasteiger partial charge in [-0.3, -0.25) is 14.4 Å². The Morgan fingerprint density at radius 3 is 2.62 bits per heavy atom. The molecule has 6 rings (SSSR count). The smallest absolute Gasteiger partial charge is 0.349 e. The Balaban J connectivity index is 1.48. The van der Waals surface area contributed by atoms with E-state index in [-0.39, 0.29) is 11.5 Å². The molecule has 196 valence electrons. The molecule has 3 heterocycles. The molecule has 8 heteroatoms. The first kappa shape index (κ1) is 25.0. The molecule has 0 aliphatic heterocycles. The highest BCUT2D eigenvalue weighted by Gasteiger charge is 2.26. The normalized spacial score (nSPS) is 11.7. The van der Waals surface area contributed by atoms with E-state index in [1.165, 1.54) is 11.3 Å². The molecule has 0 fully saturated rings. The minimum Gasteiger partial charge on any atom is -0.422 e. The average molecular weight is 537 g/mol. The van der Waals surface area contributed by atoms with Crippen LogP contribution in [0, 0.1) is 13.8 Å². The van der Waals surface area contributed by atoms with Gasteiger partial charge in [0.1, 0.15) is 11.1 Å². The largest absolute Gasteiger partial charge is 0.422 e. The third-order valence-electron chi connectivity index (χ3n) is 7.05. The molecule has 0 aliphatic carbocycles. The minimum absolute atomic E-state index is 0.0180. The number of benzene rings is 3. The van der Waals surface area contributed by atoms with Gasteiger partial charge in [-0.05, 0) is 60.4 Å². The van der Waals surface area contributed by atoms with Crippen molar-refractivity contribution in [1.82, 2.24) is 14.8 Å². The summed E-state index contributed by atoms with van der Waals surface area (Å²) in [6.45, 7) is 8.94. The second kappa shape index (κ2) is 9.78. The number of hydrogen-bond acceptors (Lipinski definition) is 6. The monoisotopic (exact) mass is 536 g/mol. The Morgan fingerprint density at radius 2 is 1.85 bits per heavy atom. The molecule has 0 unspecified atom stereocenters. The third kappa shape index (κ3) is 4.51. The number of nitrogens with zero attached hydrogens (tertiary/aromatic N) is 4. The average Bonchev–Trinajstić information content (AvgIpc) is 3.49. The van der Waals surface area contributed by atoms with Crippen LogP contribution in [0.1, 0.15) is 47.1 Å². The lowest BCUT2D eigenvalue weighted by atomic mass is 10.0. The maximum atomic E-state index is 14.2. The molecule has 0 atom stereocenters. The molecule has 0 saturated heterocycles. The minimum atomic E-state index is -0.664. The van der Waals surface area contributed by atoms with Gasteiger partial charge >= 0.3 is 5.63 Å². The highest BCUT2D eigenvalue weighted by molar-refractivity contribution is 7.22. The first-order chi connectivity index (χ1) is 18.8. The van der Waals surface area contributed by atoms with Crippen molar-refractivity contribution in [3.05, 3.63) is 99.7 Å². The number of fused-ring (bicyclic) bond motifs is 4. The van der Waals surface area contributed by atoms with E-state index in [1.54, 1.807) is 17.0 Å². The van der Waals surface area contributed by atoms with Crippen LogP contribution < -0.4 is 10.5 Å². The molecular formula is C31H28N4O3S. The lowest BCUT2D eigenvalue weighted by Crippen LogP contribution is -2.36. The van der Waals surface area contributed by atoms with Crippen LogP contribution in [0.15, 0.2) is 75.9 Å². The highest BCUT2D eigenvalue weighted by atomic mass is 32.1. The van der Waals surface area contributed by atoms with Gasteiger partial charge in [0.25, 0.3) is 5.91 Å². The molecule has 3 aromatic heterocycles. The maximum absolute atomic E-state index is 14.2. The van der Waals surface area contributed by atoms with Gasteiger partial charge in [-0.15, -0.1) is 0 Å². The summed E-state index contributed by atoms with van der Waals surface area (Å²) in [5.41, 5.74) is 3.69. The van der Waals surface area contributed by atoms with Crippen LogP contribution in [-0.4, -0.2) is 27.2 Å². The number of para-hydroxylation sites is 1. The second-order valence-electron chi connectivity index (χ2n) is 10.1. The number of aryl methyl sites for hydroxylation is 2. The second-order valence-corrected chi connectivity index (χ2v) is 11.1. The summed E-state index contributed by atoms with van der Waals surface area (Å²) in [5, 5.41) is 7.75. The van der Waals surface area contributed by atoms with Gasteiger partial charge in [0.15, 0.2) is 5.13 Å². The number of anilines is 1. The van der Waals surface area contributed by atoms with Gasteiger partial charge < -0.3 is 4.42 Å². The topological polar surface area (TPSA) is 81.2 Å². The van der Waals surface area contributed by atoms with Crippen LogP contribution in [0.3, 0.4) is 0 Å². The number of carbonyl (C=O) groups excluding carboxylic acids is 1. The van der Waals surface area contributed by atoms with Crippen LogP contribution in [-0.2, 0) is 6.54 Å². The molecular weight excluding hydrogens is 508 g/mol. The molecule has 0 N–H and O–H groups in total. The van der Waals surface area contributed by atoms with Crippen molar-refractivity contribution in [3.8, 4) is 0 Å². The number of hydrogen-bond donors (Lipinski definition) is 0. The molecule has 0 bridgehead atoms. The van der Waals surface area contributed by atoms with Gasteiger partial charge in [0.05, 0.1) is 22.5 Å². The fraction of sp³-hybridized carbons (Fsp3) is 0.226. The van der Waals surface area contributed by atoms with Gasteiger partial charge in [-0.1, -0.05) is 67.6 Å². The van der Waals surface area contributed by atoms with Crippen molar-refractivity contribution in [2.45, 2.75) is 40.2 Å². The van der Waals surface area contributed by atoms with Crippen molar-refractivity contribution in [2.24, 2.45) is 0 Å². The summed E-state index contributed by atoms with van der Waals surface area (Å²) in [5.74, 6) is -0.159. The van der Waals surface area contributed by atoms with E-state index < -0.39 is 11.5 Å². The molecule has 3 aromatic carbocycles. The van der Waals surface area contributed by atoms with E-state index in [4.69, 9.17) is 9.40 Å². The fourth-order valence-corrected chi connectivity index (χ4v) is 6.11. The van der Waals surface area contributed by atoms with Crippen LogP contribution in [0.4, 0.5) is 5.13 Å². The van der Waals surface area contributed by atoms with Crippen molar-refractivity contribution >= 4 is 54.3 Å². The predicted molar refractivity (Wildman–Crippen MR) is 157 cm³/mol. The maximum Gasteiger partial charge on any atom is 0.349 e. The van der Waals surface area contributed by atoms with Crippen molar-refractivity contribution in [3.63, 3.8) is 0 Å². The Bertz CT molecular complexity index is 1930. The fourth-order valence-electron chi connectivity index (χ4n) is 5.09. The highest BCUT2D eigenvalue weighted by Crippen LogP contribution is 2.34. The number of aromatic nitrogens is 3. The lowest BCUT2D eigenvalue weighted by molar-refractivity contribution is 0.0982. The van der Waals surface area contributed by atoms with Crippen LogP contribution >= 0.6 is 11.3 Å². The summed E-state index contributed by atoms with van der Waals surface area (Å²) >= 11 is 1.45. The van der Waals surface area contributed by atoms with Gasteiger partial charge in [-0.2, -0.15) is 5.10 Å². The van der Waals surface area contributed by atoms with Crippen molar-refractivity contribution in [1.29, 1.82) is 0 Å². The zero-order chi connectivity index (χ0) is 27.3. The summed E-state index contributed by atoms with van der Waals surface area (Å²) in [6, 6.07) is 21.3. The van der Waals surface area contributed by atoms with Crippen LogP contribution in [0.5, 0.6) is 0 Å². The summed E-state index contributed by atoms with van der Waals surface area (Å²) in [7, 11) is 0. The first-order valence-corrected chi connectivity index (χ1v) is 13.8. The van der Waals surface area contributed by atoms with E-state index in [1.807, 2.05) is 67.1 Å². The lowest BCUT2D eigenvalue weighted by Gasteiger charge is -2.20. The van der Waals surface area contributed by atoms with Gasteiger partial charge in [0.2, 0.25) is 0 Å². The van der Waals surface area contributed by atoms with E-state index in [0.717, 1.165) is 43.3 Å². The molecule has 0 radical (unpaired) electrons. The Hall–Kier alpha value is -4.30. The van der Waals surface area contributed by atoms with E-state index in [0.29, 0.717) is 23.8 Å². The summed E-state index contributed by atoms with van der Waals surface area (Å²) in [6.07, 6.45) is 0. The number of thiazole rings is 1. The zero-order valence-electron chi connectivity index (χ0n) is 22.3. The molecule has 0 aliphatic rings. The molecule has 39 heavy (non-hydrogen) atoms. The summed E-state index contributed by atoms with van der Waals surface area (Å²) in [4.78, 5) is 33.8. The zero-order valence-corrected chi connectivity index (χ0v) is 23.1. The van der Waals surface area contributed by atoms with Crippen molar-refractivity contribution < 1.29 is 9.21 Å². The standard InChI is InChI=1S/C31H28N4O3S/c1-18(2)22-10-7-11-27-28(22)32-31(39-27)34(14-15-35-20(4)16-19(3)33-35)29(36)25-17-24-23-9-6-5-8-21(23)12-13-26(24)38-30(25)37/h5-13,16-18H,14-15H2,1-4H3. The number of carbonyl (C=O) groups is 1. The quantitative estimate of drug-likeness (QED) is 0.172. The first-order valence-electron chi connectivity index (χ1n) is 13.0. The predicted octanol–water partition coefficient (Wildman–Crippen LogP) is 6.84. The van der Waals surface area contributed by atoms with Crippen LogP contribution in [0.2, 0.25) is 0 Å². The van der Waals surface area contributed by atoms with E-state index >= 15 is 0 Å². The van der Waals surface area contributed by atoms with Crippen molar-refractivity contribution in [2.75, 3.05) is 11.4 Å². The van der Waals surface area contributed by atoms with Gasteiger partial charge in [0, 0.05) is 17.6 Å². The van der Waals surface area contributed by atoms with Gasteiger partial charge in [-0.25, -0.2) is 9.78 Å². The third-order valence-corrected chi connectivity index (χ3v) is 8.09. The Morgan fingerprint density at radius 1 is 1.03 bits per heavy atom. The molecule has 1 amide bonds. The number of rotatable bonds is 6. The van der Waals surface area contributed by atoms with E-state index in [2.05, 4.69) is 25.0 Å². The number of amides is 1. The van der Waals surface area contributed by atoms with E-state index in [9.17, 15) is 9.59 Å².